The lowest BCUT2D eigenvalue weighted by molar-refractivity contribution is 0.0840. The van der Waals surface area contributed by atoms with Gasteiger partial charge in [-0.25, -0.2) is 0 Å². The van der Waals surface area contributed by atoms with Gasteiger partial charge in [-0.3, -0.25) is 4.90 Å². The quantitative estimate of drug-likeness (QED) is 0.661. The summed E-state index contributed by atoms with van der Waals surface area (Å²) in [6.45, 7) is 9.17. The van der Waals surface area contributed by atoms with Gasteiger partial charge < -0.3 is 14.4 Å². The maximum absolute atomic E-state index is 6.51. The fourth-order valence-corrected chi connectivity index (χ4v) is 5.79. The summed E-state index contributed by atoms with van der Waals surface area (Å²) < 4.78 is 11.9. The van der Waals surface area contributed by atoms with Crippen LogP contribution in [0.5, 0.6) is 11.5 Å². The molecule has 0 saturated carbocycles. The Morgan fingerprint density at radius 1 is 0.871 bits per heavy atom. The van der Waals surface area contributed by atoms with Crippen LogP contribution >= 0.6 is 0 Å². The highest BCUT2D eigenvalue weighted by atomic mass is 16.5. The van der Waals surface area contributed by atoms with Crippen molar-refractivity contribution in [3.63, 3.8) is 0 Å². The van der Waals surface area contributed by atoms with Crippen LogP contribution in [-0.2, 0) is 0 Å². The minimum atomic E-state index is 0.341. The van der Waals surface area contributed by atoms with E-state index in [9.17, 15) is 0 Å². The molecule has 2 fully saturated rings. The zero-order valence-electron chi connectivity index (χ0n) is 19.2. The van der Waals surface area contributed by atoms with E-state index >= 15 is 0 Å². The first kappa shape index (κ1) is 20.8. The number of hydrogen-bond donors (Lipinski definition) is 0. The average Bonchev–Trinajstić information content (AvgIpc) is 3.28. The molecule has 0 radical (unpaired) electrons. The van der Waals surface area contributed by atoms with E-state index in [4.69, 9.17) is 9.47 Å². The van der Waals surface area contributed by atoms with Crippen LogP contribution in [0, 0.1) is 0 Å². The lowest BCUT2D eigenvalue weighted by Gasteiger charge is -2.38. The van der Waals surface area contributed by atoms with Gasteiger partial charge in [0.2, 0.25) is 0 Å². The average molecular weight is 421 g/mol. The highest BCUT2D eigenvalue weighted by Crippen LogP contribution is 2.45. The predicted octanol–water partition coefficient (Wildman–Crippen LogP) is 5.23. The molecule has 2 aromatic rings. The van der Waals surface area contributed by atoms with Crippen LogP contribution in [0.15, 0.2) is 42.5 Å². The minimum absolute atomic E-state index is 0.341. The number of likely N-dealkylation sites (tertiary alicyclic amines) is 1. The van der Waals surface area contributed by atoms with E-state index in [1.54, 1.807) is 7.11 Å². The Morgan fingerprint density at radius 3 is 2.32 bits per heavy atom. The van der Waals surface area contributed by atoms with Gasteiger partial charge in [-0.1, -0.05) is 18.2 Å². The number of nitrogens with zero attached hydrogens (tertiary/aromatic N) is 2. The first-order valence-corrected chi connectivity index (χ1v) is 12.0. The van der Waals surface area contributed by atoms with Crippen molar-refractivity contribution in [2.24, 2.45) is 0 Å². The monoisotopic (exact) mass is 420 g/mol. The topological polar surface area (TPSA) is 24.9 Å². The predicted molar refractivity (Wildman–Crippen MR) is 125 cm³/mol. The van der Waals surface area contributed by atoms with E-state index in [1.165, 1.54) is 36.1 Å². The Morgan fingerprint density at radius 2 is 1.61 bits per heavy atom. The summed E-state index contributed by atoms with van der Waals surface area (Å²) in [7, 11) is 1.73. The molecule has 0 aliphatic carbocycles. The molecule has 0 aromatic heterocycles. The van der Waals surface area contributed by atoms with Crippen molar-refractivity contribution in [1.82, 2.24) is 9.80 Å². The van der Waals surface area contributed by atoms with Gasteiger partial charge in [-0.15, -0.1) is 0 Å². The van der Waals surface area contributed by atoms with Gasteiger partial charge >= 0.3 is 0 Å². The molecular formula is C27H36N2O2. The van der Waals surface area contributed by atoms with Crippen LogP contribution < -0.4 is 9.47 Å². The molecule has 2 aromatic carbocycles. The van der Waals surface area contributed by atoms with Gasteiger partial charge in [-0.2, -0.15) is 0 Å². The van der Waals surface area contributed by atoms with Crippen molar-refractivity contribution in [2.75, 3.05) is 33.3 Å². The fraction of sp³-hybridized carbons (Fsp3) is 0.556. The molecule has 2 atom stereocenters. The second kappa shape index (κ2) is 8.84. The second-order valence-corrected chi connectivity index (χ2v) is 9.72. The second-order valence-electron chi connectivity index (χ2n) is 9.72. The Balaban J connectivity index is 1.38. The van der Waals surface area contributed by atoms with Crippen molar-refractivity contribution in [3.8, 4) is 11.5 Å². The molecule has 2 saturated heterocycles. The van der Waals surface area contributed by atoms with E-state index in [0.717, 1.165) is 44.0 Å². The third kappa shape index (κ3) is 4.20. The van der Waals surface area contributed by atoms with Gasteiger partial charge in [0.15, 0.2) is 0 Å². The first-order chi connectivity index (χ1) is 15.1. The smallest absolute Gasteiger partial charge is 0.120 e. The zero-order chi connectivity index (χ0) is 21.4. The van der Waals surface area contributed by atoms with E-state index in [1.807, 2.05) is 0 Å². The maximum Gasteiger partial charge on any atom is 0.120 e. The summed E-state index contributed by atoms with van der Waals surface area (Å²) in [5, 5.41) is 0. The third-order valence-electron chi connectivity index (χ3n) is 7.60. The molecule has 3 heterocycles. The number of fused-ring (bicyclic) bond motifs is 3. The highest BCUT2D eigenvalue weighted by molar-refractivity contribution is 5.47. The lowest BCUT2D eigenvalue weighted by Crippen LogP contribution is -2.41. The third-order valence-corrected chi connectivity index (χ3v) is 7.60. The molecular weight excluding hydrogens is 384 g/mol. The van der Waals surface area contributed by atoms with E-state index in [-0.39, 0.29) is 0 Å². The minimum Gasteiger partial charge on any atom is -0.497 e. The van der Waals surface area contributed by atoms with Crippen LogP contribution in [0.25, 0.3) is 0 Å². The molecule has 0 bridgehead atoms. The fourth-order valence-electron chi connectivity index (χ4n) is 5.79. The van der Waals surface area contributed by atoms with Crippen LogP contribution in [-0.4, -0.2) is 55.2 Å². The molecule has 166 valence electrons. The Kier molecular flexibility index (Phi) is 5.94. The molecule has 0 N–H and O–H groups in total. The molecule has 3 aliphatic heterocycles. The van der Waals surface area contributed by atoms with Crippen LogP contribution in [0.4, 0.5) is 0 Å². The van der Waals surface area contributed by atoms with Crippen LogP contribution in [0.2, 0.25) is 0 Å². The largest absolute Gasteiger partial charge is 0.497 e. The maximum atomic E-state index is 6.51. The van der Waals surface area contributed by atoms with E-state index in [2.05, 4.69) is 66.1 Å². The molecule has 0 amide bonds. The summed E-state index contributed by atoms with van der Waals surface area (Å²) >= 11 is 0. The standard InChI is InChI=1S/C27H36N2O2/c1-19(2)28-15-12-22(13-16-28)31-23-10-11-24-25(17-23)27-5-4-14-29(27)18-26(24)20-6-8-21(30-3)9-7-20/h6-11,17,19,22,26-27H,4-5,12-16,18H2,1-3H3/t26?,27-/m0/s1. The van der Waals surface area contributed by atoms with Crippen LogP contribution in [0.3, 0.4) is 0 Å². The van der Waals surface area contributed by atoms with Crippen molar-refractivity contribution in [3.05, 3.63) is 59.2 Å². The number of hydrogen-bond acceptors (Lipinski definition) is 4. The van der Waals surface area contributed by atoms with Crippen molar-refractivity contribution in [2.45, 2.75) is 63.6 Å². The first-order valence-electron chi connectivity index (χ1n) is 12.0. The number of piperidine rings is 1. The van der Waals surface area contributed by atoms with E-state index in [0.29, 0.717) is 24.1 Å². The highest BCUT2D eigenvalue weighted by Gasteiger charge is 2.37. The molecule has 0 spiro atoms. The molecule has 3 aliphatic rings. The van der Waals surface area contributed by atoms with E-state index < -0.39 is 0 Å². The normalized spacial score (nSPS) is 24.8. The summed E-state index contributed by atoms with van der Waals surface area (Å²) in [4.78, 5) is 5.24. The van der Waals surface area contributed by atoms with Crippen molar-refractivity contribution < 1.29 is 9.47 Å². The van der Waals surface area contributed by atoms with Crippen LogP contribution in [0.1, 0.15) is 68.2 Å². The Hall–Kier alpha value is -2.04. The molecule has 31 heavy (non-hydrogen) atoms. The summed E-state index contributed by atoms with van der Waals surface area (Å²) in [6.07, 6.45) is 5.14. The van der Waals surface area contributed by atoms with Gasteiger partial charge in [0, 0.05) is 37.6 Å². The van der Waals surface area contributed by atoms with Gasteiger partial charge in [-0.05, 0) is 87.0 Å². The van der Waals surface area contributed by atoms with Crippen molar-refractivity contribution >= 4 is 0 Å². The molecule has 4 heteroatoms. The van der Waals surface area contributed by atoms with Gasteiger partial charge in [0.1, 0.15) is 17.6 Å². The van der Waals surface area contributed by atoms with Crippen molar-refractivity contribution in [1.29, 1.82) is 0 Å². The summed E-state index contributed by atoms with van der Waals surface area (Å²) in [5.74, 6) is 2.40. The number of ether oxygens (including phenoxy) is 2. The SMILES string of the molecule is COc1ccc(C2CN3CCC[C@H]3c3cc(OC4CCN(C(C)C)CC4)ccc32)cc1. The molecule has 4 nitrogen and oxygen atoms in total. The molecule has 1 unspecified atom stereocenters. The van der Waals surface area contributed by atoms with Gasteiger partial charge in [0.05, 0.1) is 7.11 Å². The Labute approximate surface area is 187 Å². The Bertz CT molecular complexity index is 887. The summed E-state index contributed by atoms with van der Waals surface area (Å²) in [5.41, 5.74) is 4.35. The number of rotatable bonds is 5. The zero-order valence-corrected chi connectivity index (χ0v) is 19.2. The lowest BCUT2D eigenvalue weighted by atomic mass is 9.81. The number of benzene rings is 2. The molecule has 5 rings (SSSR count). The van der Waals surface area contributed by atoms with Gasteiger partial charge in [0.25, 0.3) is 0 Å². The number of methoxy groups -OCH3 is 1. The summed E-state index contributed by atoms with van der Waals surface area (Å²) in [6, 6.07) is 16.8.